The molecule has 2 aromatic rings. The summed E-state index contributed by atoms with van der Waals surface area (Å²) in [6, 6.07) is 10.9. The van der Waals surface area contributed by atoms with Crippen LogP contribution in [0.15, 0.2) is 36.7 Å². The number of aryl methyl sites for hydroxylation is 1. The minimum absolute atomic E-state index is 0.881. The Morgan fingerprint density at radius 3 is 2.44 bits per heavy atom. The van der Waals surface area contributed by atoms with Crippen LogP contribution in [0.3, 0.4) is 0 Å². The highest BCUT2D eigenvalue weighted by atomic mass is 15.2. The zero-order valence-electron chi connectivity index (χ0n) is 16.8. The van der Waals surface area contributed by atoms with Crippen molar-refractivity contribution < 1.29 is 0 Å². The Morgan fingerprint density at radius 2 is 1.67 bits per heavy atom. The number of benzene rings is 1. The van der Waals surface area contributed by atoms with Crippen LogP contribution in [0.4, 0.5) is 5.82 Å². The molecule has 144 valence electrons. The van der Waals surface area contributed by atoms with Crippen LogP contribution in [0.1, 0.15) is 36.1 Å². The third-order valence-corrected chi connectivity index (χ3v) is 6.68. The quantitative estimate of drug-likeness (QED) is 0.806. The Balaban J connectivity index is 1.26. The molecule has 4 nitrogen and oxygen atoms in total. The molecule has 1 atom stereocenters. The SMILES string of the molecule is Cc1ncnc(N2CCC(C3CCN(CCc4ccccc4)C3)CC2)c1C. The second kappa shape index (κ2) is 8.39. The molecule has 1 aromatic carbocycles. The Kier molecular flexibility index (Phi) is 5.72. The topological polar surface area (TPSA) is 32.3 Å². The molecule has 0 saturated carbocycles. The van der Waals surface area contributed by atoms with Gasteiger partial charge >= 0.3 is 0 Å². The monoisotopic (exact) mass is 364 g/mol. The van der Waals surface area contributed by atoms with Gasteiger partial charge in [-0.05, 0) is 63.5 Å². The van der Waals surface area contributed by atoms with Crippen molar-refractivity contribution in [2.45, 2.75) is 39.5 Å². The van der Waals surface area contributed by atoms with Gasteiger partial charge in [0.1, 0.15) is 12.1 Å². The fourth-order valence-corrected chi connectivity index (χ4v) is 4.81. The van der Waals surface area contributed by atoms with E-state index in [0.717, 1.165) is 36.4 Å². The number of rotatable bonds is 5. The highest BCUT2D eigenvalue weighted by Crippen LogP contribution is 2.33. The molecule has 2 aliphatic rings. The molecule has 2 saturated heterocycles. The van der Waals surface area contributed by atoms with Crippen molar-refractivity contribution >= 4 is 5.82 Å². The van der Waals surface area contributed by atoms with Crippen LogP contribution in [0.2, 0.25) is 0 Å². The van der Waals surface area contributed by atoms with E-state index in [1.54, 1.807) is 6.33 Å². The summed E-state index contributed by atoms with van der Waals surface area (Å²) in [4.78, 5) is 14.0. The van der Waals surface area contributed by atoms with Crippen molar-refractivity contribution in [2.24, 2.45) is 11.8 Å². The molecule has 2 aliphatic heterocycles. The summed E-state index contributed by atoms with van der Waals surface area (Å²) < 4.78 is 0. The Hall–Kier alpha value is -1.94. The number of likely N-dealkylation sites (tertiary alicyclic amines) is 1. The molecule has 2 fully saturated rings. The van der Waals surface area contributed by atoms with Crippen LogP contribution >= 0.6 is 0 Å². The van der Waals surface area contributed by atoms with E-state index in [-0.39, 0.29) is 0 Å². The second-order valence-electron chi connectivity index (χ2n) is 8.32. The third kappa shape index (κ3) is 4.32. The van der Waals surface area contributed by atoms with E-state index >= 15 is 0 Å². The van der Waals surface area contributed by atoms with Gasteiger partial charge in [-0.25, -0.2) is 9.97 Å². The molecular formula is C23H32N4. The van der Waals surface area contributed by atoms with Crippen molar-refractivity contribution in [1.82, 2.24) is 14.9 Å². The normalized spacial score (nSPS) is 21.7. The van der Waals surface area contributed by atoms with Gasteiger partial charge in [0.2, 0.25) is 0 Å². The van der Waals surface area contributed by atoms with Crippen molar-refractivity contribution in [3.05, 3.63) is 53.5 Å². The van der Waals surface area contributed by atoms with Gasteiger partial charge in [0.25, 0.3) is 0 Å². The number of hydrogen-bond donors (Lipinski definition) is 0. The summed E-state index contributed by atoms with van der Waals surface area (Å²) in [7, 11) is 0. The number of nitrogens with zero attached hydrogens (tertiary/aromatic N) is 4. The number of aromatic nitrogens is 2. The lowest BCUT2D eigenvalue weighted by Gasteiger charge is -2.36. The van der Waals surface area contributed by atoms with Gasteiger partial charge in [0, 0.05) is 37.4 Å². The minimum Gasteiger partial charge on any atom is -0.356 e. The van der Waals surface area contributed by atoms with Gasteiger partial charge in [0.15, 0.2) is 0 Å². The average Bonchev–Trinajstić information content (AvgIpc) is 3.19. The third-order valence-electron chi connectivity index (χ3n) is 6.68. The maximum Gasteiger partial charge on any atom is 0.135 e. The van der Waals surface area contributed by atoms with E-state index in [1.165, 1.54) is 56.4 Å². The summed E-state index contributed by atoms with van der Waals surface area (Å²) >= 11 is 0. The van der Waals surface area contributed by atoms with Gasteiger partial charge in [-0.1, -0.05) is 30.3 Å². The molecule has 0 amide bonds. The first-order valence-electron chi connectivity index (χ1n) is 10.5. The smallest absolute Gasteiger partial charge is 0.135 e. The lowest BCUT2D eigenvalue weighted by Crippen LogP contribution is -2.38. The molecule has 4 heteroatoms. The van der Waals surface area contributed by atoms with E-state index in [9.17, 15) is 0 Å². The molecule has 1 aromatic heterocycles. The van der Waals surface area contributed by atoms with Crippen molar-refractivity contribution in [3.63, 3.8) is 0 Å². The van der Waals surface area contributed by atoms with E-state index in [0.29, 0.717) is 0 Å². The molecule has 27 heavy (non-hydrogen) atoms. The highest BCUT2D eigenvalue weighted by Gasteiger charge is 2.32. The first-order valence-corrected chi connectivity index (χ1v) is 10.5. The number of hydrogen-bond acceptors (Lipinski definition) is 4. The van der Waals surface area contributed by atoms with Gasteiger partial charge in [-0.2, -0.15) is 0 Å². The van der Waals surface area contributed by atoms with Crippen LogP contribution in [-0.4, -0.2) is 47.6 Å². The van der Waals surface area contributed by atoms with Gasteiger partial charge in [-0.15, -0.1) is 0 Å². The van der Waals surface area contributed by atoms with Gasteiger partial charge in [0.05, 0.1) is 0 Å². The van der Waals surface area contributed by atoms with Crippen molar-refractivity contribution in [1.29, 1.82) is 0 Å². The number of piperidine rings is 1. The zero-order chi connectivity index (χ0) is 18.6. The van der Waals surface area contributed by atoms with Gasteiger partial charge < -0.3 is 9.80 Å². The highest BCUT2D eigenvalue weighted by molar-refractivity contribution is 5.47. The maximum absolute atomic E-state index is 4.56. The molecule has 0 spiro atoms. The van der Waals surface area contributed by atoms with Gasteiger partial charge in [-0.3, -0.25) is 0 Å². The minimum atomic E-state index is 0.881. The lowest BCUT2D eigenvalue weighted by molar-refractivity contribution is 0.256. The Labute approximate surface area is 163 Å². The van der Waals surface area contributed by atoms with Crippen LogP contribution in [0.5, 0.6) is 0 Å². The van der Waals surface area contributed by atoms with E-state index < -0.39 is 0 Å². The summed E-state index contributed by atoms with van der Waals surface area (Å²) in [5, 5.41) is 0. The fourth-order valence-electron chi connectivity index (χ4n) is 4.81. The zero-order valence-corrected chi connectivity index (χ0v) is 16.8. The molecule has 1 unspecified atom stereocenters. The molecule has 0 N–H and O–H groups in total. The van der Waals surface area contributed by atoms with E-state index in [1.807, 2.05) is 0 Å². The summed E-state index contributed by atoms with van der Waals surface area (Å²) in [5.41, 5.74) is 3.81. The van der Waals surface area contributed by atoms with Crippen LogP contribution in [-0.2, 0) is 6.42 Å². The van der Waals surface area contributed by atoms with Crippen LogP contribution in [0.25, 0.3) is 0 Å². The maximum atomic E-state index is 4.56. The lowest BCUT2D eigenvalue weighted by atomic mass is 9.83. The predicted molar refractivity (Wildman–Crippen MR) is 111 cm³/mol. The number of anilines is 1. The van der Waals surface area contributed by atoms with Crippen LogP contribution in [0, 0.1) is 25.7 Å². The first-order chi connectivity index (χ1) is 13.2. The first kappa shape index (κ1) is 18.4. The summed E-state index contributed by atoms with van der Waals surface area (Å²) in [5.74, 6) is 2.92. The van der Waals surface area contributed by atoms with Crippen molar-refractivity contribution in [3.8, 4) is 0 Å². The van der Waals surface area contributed by atoms with E-state index in [4.69, 9.17) is 0 Å². The summed E-state index contributed by atoms with van der Waals surface area (Å²) in [6.07, 6.45) is 6.88. The Morgan fingerprint density at radius 1 is 0.926 bits per heavy atom. The molecule has 0 bridgehead atoms. The fraction of sp³-hybridized carbons (Fsp3) is 0.565. The largest absolute Gasteiger partial charge is 0.356 e. The molecule has 3 heterocycles. The average molecular weight is 365 g/mol. The van der Waals surface area contributed by atoms with Crippen molar-refractivity contribution in [2.75, 3.05) is 37.6 Å². The standard InChI is InChI=1S/C23H32N4/c1-18-19(2)24-17-25-23(18)27-14-10-21(11-15-27)22-9-13-26(16-22)12-8-20-6-4-3-5-7-20/h3-7,17,21-22H,8-16H2,1-2H3. The Bertz CT molecular complexity index is 737. The molecule has 0 radical (unpaired) electrons. The second-order valence-corrected chi connectivity index (χ2v) is 8.32. The predicted octanol–water partition coefficient (Wildman–Crippen LogP) is 3.87. The molecule has 4 rings (SSSR count). The van der Waals surface area contributed by atoms with Crippen LogP contribution < -0.4 is 4.90 Å². The molecular weight excluding hydrogens is 332 g/mol. The summed E-state index contributed by atoms with van der Waals surface area (Å²) in [6.45, 7) is 10.3. The van der Waals surface area contributed by atoms with E-state index in [2.05, 4.69) is 63.9 Å². The molecule has 0 aliphatic carbocycles.